The lowest BCUT2D eigenvalue weighted by Gasteiger charge is -2.36. The lowest BCUT2D eigenvalue weighted by molar-refractivity contribution is -0.150. The maximum atomic E-state index is 11.8. The van der Waals surface area contributed by atoms with Gasteiger partial charge < -0.3 is 10.4 Å². The first-order chi connectivity index (χ1) is 8.12. The van der Waals surface area contributed by atoms with Crippen LogP contribution in [0.4, 0.5) is 0 Å². The molecule has 2 N–H and O–H groups in total. The zero-order chi connectivity index (χ0) is 14.0. The number of carboxylic acid groups (broad SMARTS) is 1. The summed E-state index contributed by atoms with van der Waals surface area (Å²) in [5.74, 6) is -0.734. The monoisotopic (exact) mass is 256 g/mol. The maximum Gasteiger partial charge on any atom is 0.309 e. The highest BCUT2D eigenvalue weighted by molar-refractivity contribution is 5.79. The van der Waals surface area contributed by atoms with Gasteiger partial charge in [0.1, 0.15) is 0 Å². The Morgan fingerprint density at radius 1 is 1.28 bits per heavy atom. The van der Waals surface area contributed by atoms with Gasteiger partial charge in [-0.05, 0) is 53.6 Å². The predicted octanol–water partition coefficient (Wildman–Crippen LogP) is 1.09. The average Bonchev–Trinajstić information content (AvgIpc) is 2.18. The van der Waals surface area contributed by atoms with Crippen molar-refractivity contribution in [1.29, 1.82) is 0 Å². The van der Waals surface area contributed by atoms with Crippen molar-refractivity contribution in [2.45, 2.75) is 46.1 Å². The van der Waals surface area contributed by atoms with E-state index < -0.39 is 11.4 Å². The highest BCUT2D eigenvalue weighted by Crippen LogP contribution is 2.30. The van der Waals surface area contributed by atoms with Gasteiger partial charge in [0.15, 0.2) is 0 Å². The van der Waals surface area contributed by atoms with Gasteiger partial charge in [-0.2, -0.15) is 0 Å². The zero-order valence-electron chi connectivity index (χ0n) is 11.7. The number of hydrogen-bond donors (Lipinski definition) is 2. The molecule has 1 rings (SSSR count). The first-order valence-corrected chi connectivity index (χ1v) is 6.39. The summed E-state index contributed by atoms with van der Waals surface area (Å²) in [5, 5.41) is 12.0. The fourth-order valence-electron chi connectivity index (χ4n) is 2.08. The van der Waals surface area contributed by atoms with Gasteiger partial charge in [0.2, 0.25) is 5.91 Å². The topological polar surface area (TPSA) is 69.6 Å². The number of nitrogens with one attached hydrogen (secondary N) is 1. The van der Waals surface area contributed by atoms with Gasteiger partial charge in [0.05, 0.1) is 12.0 Å². The predicted molar refractivity (Wildman–Crippen MR) is 69.3 cm³/mol. The summed E-state index contributed by atoms with van der Waals surface area (Å²) < 4.78 is 0. The normalized spacial score (nSPS) is 20.4. The molecule has 0 aromatic rings. The molecule has 0 spiro atoms. The van der Waals surface area contributed by atoms with Gasteiger partial charge in [-0.3, -0.25) is 14.5 Å². The molecule has 0 unspecified atom stereocenters. The summed E-state index contributed by atoms with van der Waals surface area (Å²) in [6.45, 7) is 9.31. The van der Waals surface area contributed by atoms with Crippen LogP contribution < -0.4 is 5.32 Å². The lowest BCUT2D eigenvalue weighted by atomic mass is 9.80. The van der Waals surface area contributed by atoms with E-state index in [9.17, 15) is 9.59 Å². The number of amides is 1. The second kappa shape index (κ2) is 5.26. The molecule has 0 atom stereocenters. The number of carbonyl (C=O) groups is 2. The second-order valence-electron chi connectivity index (χ2n) is 6.44. The fourth-order valence-corrected chi connectivity index (χ4v) is 2.08. The Labute approximate surface area is 109 Å². The molecule has 5 nitrogen and oxygen atoms in total. The maximum absolute atomic E-state index is 11.8. The van der Waals surface area contributed by atoms with Gasteiger partial charge in [0.25, 0.3) is 0 Å². The van der Waals surface area contributed by atoms with Crippen LogP contribution in [-0.4, -0.2) is 47.1 Å². The first kappa shape index (κ1) is 15.0. The van der Waals surface area contributed by atoms with Crippen LogP contribution in [0.15, 0.2) is 0 Å². The first-order valence-electron chi connectivity index (χ1n) is 6.39. The molecule has 0 saturated carbocycles. The molecule has 1 amide bonds. The van der Waals surface area contributed by atoms with Crippen LogP contribution >= 0.6 is 0 Å². The molecule has 1 fully saturated rings. The van der Waals surface area contributed by atoms with Crippen molar-refractivity contribution in [3.05, 3.63) is 0 Å². The second-order valence-corrected chi connectivity index (χ2v) is 6.44. The van der Waals surface area contributed by atoms with Crippen LogP contribution in [0.1, 0.15) is 40.5 Å². The highest BCUT2D eigenvalue weighted by atomic mass is 16.4. The van der Waals surface area contributed by atoms with E-state index in [-0.39, 0.29) is 11.4 Å². The summed E-state index contributed by atoms with van der Waals surface area (Å²) in [6, 6.07) is 0. The summed E-state index contributed by atoms with van der Waals surface area (Å²) in [7, 11) is 0. The summed E-state index contributed by atoms with van der Waals surface area (Å²) in [6.07, 6.45) is 1.20. The zero-order valence-corrected chi connectivity index (χ0v) is 11.7. The number of rotatable bonds is 3. The van der Waals surface area contributed by atoms with Gasteiger partial charge in [-0.1, -0.05) is 0 Å². The summed E-state index contributed by atoms with van der Waals surface area (Å²) in [4.78, 5) is 24.9. The largest absolute Gasteiger partial charge is 0.481 e. The summed E-state index contributed by atoms with van der Waals surface area (Å²) in [5.41, 5.74) is -0.848. The minimum absolute atomic E-state index is 0.00132. The smallest absolute Gasteiger partial charge is 0.309 e. The molecule has 5 heteroatoms. The number of carboxylic acids is 1. The molecular formula is C13H24N2O3. The van der Waals surface area contributed by atoms with Crippen molar-refractivity contribution in [3.8, 4) is 0 Å². The van der Waals surface area contributed by atoms with Crippen molar-refractivity contribution >= 4 is 11.9 Å². The van der Waals surface area contributed by atoms with Gasteiger partial charge >= 0.3 is 5.97 Å². The van der Waals surface area contributed by atoms with Crippen LogP contribution in [0, 0.1) is 5.41 Å². The Bertz CT molecular complexity index is 326. The minimum Gasteiger partial charge on any atom is -0.481 e. The summed E-state index contributed by atoms with van der Waals surface area (Å²) >= 11 is 0. The molecule has 0 bridgehead atoms. The van der Waals surface area contributed by atoms with E-state index in [2.05, 4.69) is 5.32 Å². The van der Waals surface area contributed by atoms with Crippen LogP contribution in [0.25, 0.3) is 0 Å². The van der Waals surface area contributed by atoms with Crippen molar-refractivity contribution in [1.82, 2.24) is 10.2 Å². The molecular weight excluding hydrogens is 232 g/mol. The van der Waals surface area contributed by atoms with Crippen LogP contribution in [-0.2, 0) is 9.59 Å². The van der Waals surface area contributed by atoms with E-state index >= 15 is 0 Å². The van der Waals surface area contributed by atoms with Gasteiger partial charge in [0, 0.05) is 5.54 Å². The van der Waals surface area contributed by atoms with Crippen molar-refractivity contribution in [3.63, 3.8) is 0 Å². The van der Waals surface area contributed by atoms with E-state index in [1.807, 2.05) is 25.7 Å². The van der Waals surface area contributed by atoms with Gasteiger partial charge in [-0.25, -0.2) is 0 Å². The number of piperidine rings is 1. The molecule has 1 heterocycles. The molecule has 18 heavy (non-hydrogen) atoms. The van der Waals surface area contributed by atoms with E-state index in [0.717, 1.165) is 0 Å². The highest BCUT2D eigenvalue weighted by Gasteiger charge is 2.37. The number of carbonyl (C=O) groups excluding carboxylic acids is 1. The molecule has 0 aliphatic carbocycles. The van der Waals surface area contributed by atoms with Crippen molar-refractivity contribution < 1.29 is 14.7 Å². The van der Waals surface area contributed by atoms with Gasteiger partial charge in [-0.15, -0.1) is 0 Å². The molecule has 0 radical (unpaired) electrons. The number of likely N-dealkylation sites (tertiary alicyclic amines) is 1. The van der Waals surface area contributed by atoms with Crippen molar-refractivity contribution in [2.24, 2.45) is 5.41 Å². The Morgan fingerprint density at radius 2 is 1.78 bits per heavy atom. The number of nitrogens with zero attached hydrogens (tertiary/aromatic N) is 1. The van der Waals surface area contributed by atoms with E-state index in [1.54, 1.807) is 6.92 Å². The third kappa shape index (κ3) is 4.29. The van der Waals surface area contributed by atoms with Crippen LogP contribution in [0.5, 0.6) is 0 Å². The average molecular weight is 256 g/mol. The van der Waals surface area contributed by atoms with E-state index in [1.165, 1.54) is 0 Å². The fraction of sp³-hybridized carbons (Fsp3) is 0.846. The Balaban J connectivity index is 2.41. The Morgan fingerprint density at radius 3 is 2.17 bits per heavy atom. The molecule has 0 aromatic carbocycles. The molecule has 1 aliphatic rings. The Hall–Kier alpha value is -1.10. The number of hydrogen-bond acceptors (Lipinski definition) is 3. The minimum atomic E-state index is -0.735. The van der Waals surface area contributed by atoms with E-state index in [0.29, 0.717) is 32.5 Å². The molecule has 1 aliphatic heterocycles. The number of aliphatic carboxylic acids is 1. The standard InChI is InChI=1S/C13H24N2O3/c1-12(2,3)14-10(16)9-15-7-5-13(4,6-8-15)11(17)18/h5-9H2,1-4H3,(H,14,16)(H,17,18). The third-order valence-corrected chi connectivity index (χ3v) is 3.36. The van der Waals surface area contributed by atoms with Crippen molar-refractivity contribution in [2.75, 3.05) is 19.6 Å². The molecule has 0 aromatic heterocycles. The molecule has 104 valence electrons. The quantitative estimate of drug-likeness (QED) is 0.793. The Kier molecular flexibility index (Phi) is 4.37. The molecule has 1 saturated heterocycles. The lowest BCUT2D eigenvalue weighted by Crippen LogP contribution is -2.49. The third-order valence-electron chi connectivity index (χ3n) is 3.36. The SMILES string of the molecule is CC(C)(C)NC(=O)CN1CCC(C)(C(=O)O)CC1. The van der Waals surface area contributed by atoms with Crippen LogP contribution in [0.2, 0.25) is 0 Å². The van der Waals surface area contributed by atoms with Crippen LogP contribution in [0.3, 0.4) is 0 Å². The van der Waals surface area contributed by atoms with E-state index in [4.69, 9.17) is 5.11 Å².